The normalized spacial score (nSPS) is 14.9. The minimum absolute atomic E-state index is 0.673. The van der Waals surface area contributed by atoms with Gasteiger partial charge in [-0.15, -0.1) is 5.10 Å². The highest BCUT2D eigenvalue weighted by Crippen LogP contribution is 2.41. The van der Waals surface area contributed by atoms with Gasteiger partial charge in [-0.25, -0.2) is 4.68 Å². The maximum absolute atomic E-state index is 4.32. The van der Waals surface area contributed by atoms with E-state index in [0.717, 1.165) is 18.8 Å². The van der Waals surface area contributed by atoms with Crippen LogP contribution in [0.1, 0.15) is 35.7 Å². The molecule has 0 unspecified atom stereocenters. The molecule has 0 bridgehead atoms. The van der Waals surface area contributed by atoms with Crippen LogP contribution in [0.2, 0.25) is 0 Å². The fraction of sp³-hybridized carbons (Fsp3) is 0.429. The molecular weight excluding hydrogens is 224 g/mol. The van der Waals surface area contributed by atoms with Crippen LogP contribution in [0.25, 0.3) is 0 Å². The van der Waals surface area contributed by atoms with Crippen LogP contribution in [0.15, 0.2) is 30.3 Å². The van der Waals surface area contributed by atoms with Crippen molar-refractivity contribution in [2.45, 2.75) is 31.8 Å². The summed E-state index contributed by atoms with van der Waals surface area (Å²) < 4.78 is 2.07. The van der Waals surface area contributed by atoms with Crippen LogP contribution < -0.4 is 5.32 Å². The summed E-state index contributed by atoms with van der Waals surface area (Å²) in [5.74, 6) is 0.673. The Kier molecular flexibility index (Phi) is 3.11. The third-order valence-corrected chi connectivity index (χ3v) is 3.33. The van der Waals surface area contributed by atoms with Gasteiger partial charge in [0, 0.05) is 12.5 Å². The van der Waals surface area contributed by atoms with Gasteiger partial charge in [-0.3, -0.25) is 0 Å². The molecule has 1 aromatic carbocycles. The number of hydrogen-bond acceptors (Lipinski definition) is 3. The summed E-state index contributed by atoms with van der Waals surface area (Å²) in [5.41, 5.74) is 3.71. The number of nitrogens with one attached hydrogen (secondary N) is 1. The summed E-state index contributed by atoms with van der Waals surface area (Å²) in [4.78, 5) is 0. The van der Waals surface area contributed by atoms with Gasteiger partial charge in [0.05, 0.1) is 17.9 Å². The molecule has 3 rings (SSSR count). The van der Waals surface area contributed by atoms with Gasteiger partial charge in [0.25, 0.3) is 0 Å². The Balaban J connectivity index is 1.87. The maximum Gasteiger partial charge on any atom is 0.0999 e. The van der Waals surface area contributed by atoms with E-state index in [-0.39, 0.29) is 0 Å². The van der Waals surface area contributed by atoms with Gasteiger partial charge in [0.1, 0.15) is 0 Å². The first kappa shape index (κ1) is 11.4. The topological polar surface area (TPSA) is 42.7 Å². The third kappa shape index (κ3) is 2.29. The third-order valence-electron chi connectivity index (χ3n) is 3.33. The van der Waals surface area contributed by atoms with E-state index in [2.05, 4.69) is 44.6 Å². The number of aromatic nitrogens is 3. The first-order valence-corrected chi connectivity index (χ1v) is 6.49. The molecule has 1 aromatic heterocycles. The quantitative estimate of drug-likeness (QED) is 0.871. The van der Waals surface area contributed by atoms with E-state index in [4.69, 9.17) is 0 Å². The van der Waals surface area contributed by atoms with Crippen molar-refractivity contribution in [2.24, 2.45) is 0 Å². The lowest BCUT2D eigenvalue weighted by Gasteiger charge is -2.07. The van der Waals surface area contributed by atoms with Gasteiger partial charge in [-0.2, -0.15) is 0 Å². The summed E-state index contributed by atoms with van der Waals surface area (Å²) in [5, 5.41) is 11.8. The molecule has 1 N–H and O–H groups in total. The van der Waals surface area contributed by atoms with E-state index in [1.54, 1.807) is 0 Å². The highest BCUT2D eigenvalue weighted by atomic mass is 15.4. The Bertz CT molecular complexity index is 514. The minimum atomic E-state index is 0.673. The molecule has 18 heavy (non-hydrogen) atoms. The van der Waals surface area contributed by atoms with Crippen molar-refractivity contribution >= 4 is 0 Å². The van der Waals surface area contributed by atoms with Gasteiger partial charge < -0.3 is 5.32 Å². The molecule has 0 spiro atoms. The van der Waals surface area contributed by atoms with E-state index in [9.17, 15) is 0 Å². The highest BCUT2D eigenvalue weighted by molar-refractivity contribution is 5.23. The number of hydrogen-bond donors (Lipinski definition) is 1. The lowest BCUT2D eigenvalue weighted by molar-refractivity contribution is 0.619. The van der Waals surface area contributed by atoms with Crippen molar-refractivity contribution in [3.63, 3.8) is 0 Å². The van der Waals surface area contributed by atoms with Crippen LogP contribution in [0.5, 0.6) is 0 Å². The van der Waals surface area contributed by atoms with Gasteiger partial charge in [-0.1, -0.05) is 35.5 Å². The molecule has 4 heteroatoms. The predicted molar refractivity (Wildman–Crippen MR) is 70.3 cm³/mol. The molecule has 94 valence electrons. The minimum Gasteiger partial charge on any atom is -0.314 e. The van der Waals surface area contributed by atoms with Gasteiger partial charge in [0.15, 0.2) is 0 Å². The molecular formula is C14H18N4. The molecule has 1 aliphatic rings. The van der Waals surface area contributed by atoms with Crippen LogP contribution in [0, 0.1) is 0 Å². The van der Waals surface area contributed by atoms with E-state index in [1.165, 1.54) is 24.1 Å². The van der Waals surface area contributed by atoms with Crippen molar-refractivity contribution < 1.29 is 0 Å². The molecule has 0 atom stereocenters. The molecule has 0 aliphatic heterocycles. The van der Waals surface area contributed by atoms with Gasteiger partial charge >= 0.3 is 0 Å². The fourth-order valence-corrected chi connectivity index (χ4v) is 2.33. The van der Waals surface area contributed by atoms with Crippen molar-refractivity contribution in [1.29, 1.82) is 0 Å². The van der Waals surface area contributed by atoms with E-state index >= 15 is 0 Å². The van der Waals surface area contributed by atoms with Crippen LogP contribution in [0.4, 0.5) is 0 Å². The van der Waals surface area contributed by atoms with Gasteiger partial charge in [0.2, 0.25) is 0 Å². The highest BCUT2D eigenvalue weighted by Gasteiger charge is 2.30. The Labute approximate surface area is 107 Å². The summed E-state index contributed by atoms with van der Waals surface area (Å²) in [6, 6.07) is 10.4. The molecule has 0 amide bonds. The van der Waals surface area contributed by atoms with Crippen molar-refractivity contribution in [1.82, 2.24) is 20.3 Å². The van der Waals surface area contributed by atoms with E-state index < -0.39 is 0 Å². The lowest BCUT2D eigenvalue weighted by Crippen LogP contribution is -2.10. The average Bonchev–Trinajstić information content (AvgIpc) is 3.16. The van der Waals surface area contributed by atoms with Gasteiger partial charge in [-0.05, 0) is 25.5 Å². The summed E-state index contributed by atoms with van der Waals surface area (Å²) in [6.45, 7) is 1.63. The monoisotopic (exact) mass is 242 g/mol. The number of nitrogens with zero attached hydrogens (tertiary/aromatic N) is 3. The molecule has 2 aromatic rings. The second-order valence-electron chi connectivity index (χ2n) is 4.87. The number of benzene rings is 1. The first-order chi connectivity index (χ1) is 8.88. The average molecular weight is 242 g/mol. The smallest absolute Gasteiger partial charge is 0.0999 e. The lowest BCUT2D eigenvalue weighted by atomic mass is 10.2. The zero-order valence-corrected chi connectivity index (χ0v) is 10.6. The Morgan fingerprint density at radius 1 is 1.28 bits per heavy atom. The Morgan fingerprint density at radius 2 is 2.06 bits per heavy atom. The first-order valence-electron chi connectivity index (χ1n) is 6.49. The molecule has 0 radical (unpaired) electrons. The van der Waals surface area contributed by atoms with Crippen LogP contribution in [-0.4, -0.2) is 22.0 Å². The largest absolute Gasteiger partial charge is 0.314 e. The second-order valence-corrected chi connectivity index (χ2v) is 4.87. The van der Waals surface area contributed by atoms with E-state index in [0.29, 0.717) is 5.92 Å². The standard InChI is InChI=1S/C14H18N4/c1-15-9-13-14(12-7-8-12)18(17-16-13)10-11-5-3-2-4-6-11/h2-6,12,15H,7-10H2,1H3. The van der Waals surface area contributed by atoms with Crippen LogP contribution in [0.3, 0.4) is 0 Å². The van der Waals surface area contributed by atoms with Crippen LogP contribution in [-0.2, 0) is 13.1 Å². The van der Waals surface area contributed by atoms with Crippen molar-refractivity contribution in [3.8, 4) is 0 Å². The molecule has 1 saturated carbocycles. The summed E-state index contributed by atoms with van der Waals surface area (Å²) in [7, 11) is 1.95. The SMILES string of the molecule is CNCc1nnn(Cc2ccccc2)c1C1CC1. The molecule has 4 nitrogen and oxygen atoms in total. The molecule has 1 aliphatic carbocycles. The second kappa shape index (κ2) is 4.90. The van der Waals surface area contributed by atoms with Crippen molar-refractivity contribution in [2.75, 3.05) is 7.05 Å². The Hall–Kier alpha value is -1.68. The zero-order valence-electron chi connectivity index (χ0n) is 10.6. The van der Waals surface area contributed by atoms with Crippen LogP contribution >= 0.6 is 0 Å². The fourth-order valence-electron chi connectivity index (χ4n) is 2.33. The van der Waals surface area contributed by atoms with Crippen molar-refractivity contribution in [3.05, 3.63) is 47.3 Å². The predicted octanol–water partition coefficient (Wildman–Crippen LogP) is 1.92. The zero-order chi connectivity index (χ0) is 12.4. The molecule has 0 saturated heterocycles. The summed E-state index contributed by atoms with van der Waals surface area (Å²) >= 11 is 0. The summed E-state index contributed by atoms with van der Waals surface area (Å²) in [6.07, 6.45) is 2.55. The Morgan fingerprint density at radius 3 is 2.72 bits per heavy atom. The maximum atomic E-state index is 4.32. The number of rotatable bonds is 5. The van der Waals surface area contributed by atoms with E-state index in [1.807, 2.05) is 13.1 Å². The molecule has 1 heterocycles. The molecule has 1 fully saturated rings.